The Morgan fingerprint density at radius 1 is 1.56 bits per heavy atom. The smallest absolute Gasteiger partial charge is 0.0490 e. The Hall–Kier alpha value is -0.790. The van der Waals surface area contributed by atoms with Gasteiger partial charge in [0, 0.05) is 11.9 Å². The van der Waals surface area contributed by atoms with Crippen molar-refractivity contribution in [1.29, 1.82) is 0 Å². The molecule has 1 heterocycles. The van der Waals surface area contributed by atoms with Gasteiger partial charge >= 0.3 is 0 Å². The van der Waals surface area contributed by atoms with E-state index < -0.39 is 0 Å². The van der Waals surface area contributed by atoms with Gasteiger partial charge in [0.25, 0.3) is 0 Å². The zero-order valence-electron chi connectivity index (χ0n) is 5.18. The van der Waals surface area contributed by atoms with E-state index in [-0.39, 0.29) is 7.43 Å². The Morgan fingerprint density at radius 3 is 2.44 bits per heavy atom. The van der Waals surface area contributed by atoms with Crippen LogP contribution < -0.4 is 0 Å². The Kier molecular flexibility index (Phi) is 2.99. The van der Waals surface area contributed by atoms with Crippen LogP contribution in [0, 0.1) is 0 Å². The van der Waals surface area contributed by atoms with E-state index in [4.69, 9.17) is 0 Å². The van der Waals surface area contributed by atoms with Gasteiger partial charge in [0.1, 0.15) is 0 Å². The van der Waals surface area contributed by atoms with Gasteiger partial charge in [0.05, 0.1) is 0 Å². The van der Waals surface area contributed by atoms with Gasteiger partial charge in [0.15, 0.2) is 0 Å². The minimum absolute atomic E-state index is 0. The van der Waals surface area contributed by atoms with Gasteiger partial charge < -0.3 is 0 Å². The molecule has 0 atom stereocenters. The van der Waals surface area contributed by atoms with Gasteiger partial charge in [-0.25, -0.2) is 0 Å². The molecule has 0 saturated carbocycles. The highest BCUT2D eigenvalue weighted by molar-refractivity contribution is 5.01. The summed E-state index contributed by atoms with van der Waals surface area (Å²) in [7, 11) is 0. The topological polar surface area (TPSA) is 28.7 Å². The third kappa shape index (κ3) is 1.88. The van der Waals surface area contributed by atoms with Crippen LogP contribution in [-0.4, -0.2) is 10.2 Å². The van der Waals surface area contributed by atoms with E-state index in [9.17, 15) is 0 Å². The second kappa shape index (κ2) is 3.28. The van der Waals surface area contributed by atoms with Crippen LogP contribution in [0.25, 0.3) is 0 Å². The van der Waals surface area contributed by atoms with Gasteiger partial charge in [-0.15, -0.1) is 0 Å². The largest absolute Gasteiger partial charge is 0.282 e. The first kappa shape index (κ1) is 8.21. The summed E-state index contributed by atoms with van der Waals surface area (Å²) >= 11 is 0. The fourth-order valence-corrected chi connectivity index (χ4v) is 0.588. The van der Waals surface area contributed by atoms with E-state index in [0.717, 1.165) is 0 Å². The van der Waals surface area contributed by atoms with Crippen molar-refractivity contribution >= 4 is 0 Å². The van der Waals surface area contributed by atoms with E-state index in [1.807, 2.05) is 6.07 Å². The number of aromatic amines is 1. The van der Waals surface area contributed by atoms with E-state index >= 15 is 0 Å². The second-order valence-electron chi connectivity index (χ2n) is 2.17. The molecule has 0 aliphatic heterocycles. The molecule has 0 unspecified atom stereocenters. The van der Waals surface area contributed by atoms with Crippen LogP contribution in [0.5, 0.6) is 0 Å². The number of hydrogen-bond donors (Lipinski definition) is 1. The summed E-state index contributed by atoms with van der Waals surface area (Å²) in [5.74, 6) is 0.567. The average molecular weight is 126 g/mol. The van der Waals surface area contributed by atoms with Crippen LogP contribution in [0.15, 0.2) is 12.3 Å². The highest BCUT2D eigenvalue weighted by Gasteiger charge is 1.95. The monoisotopic (exact) mass is 126 g/mol. The molecule has 0 bridgehead atoms. The summed E-state index contributed by atoms with van der Waals surface area (Å²) in [6.07, 6.45) is 1.77. The molecule has 2 nitrogen and oxygen atoms in total. The number of rotatable bonds is 1. The highest BCUT2D eigenvalue weighted by Crippen LogP contribution is 2.07. The van der Waals surface area contributed by atoms with Crippen LogP contribution in [-0.2, 0) is 0 Å². The normalized spacial score (nSPS) is 9.22. The minimum atomic E-state index is 0. The minimum Gasteiger partial charge on any atom is -0.282 e. The van der Waals surface area contributed by atoms with Crippen molar-refractivity contribution < 1.29 is 0 Å². The van der Waals surface area contributed by atoms with Crippen LogP contribution in [0.4, 0.5) is 0 Å². The molecule has 0 aliphatic carbocycles. The molecular weight excluding hydrogens is 112 g/mol. The standard InChI is InChI=1S/C6H10N2.CH4/c1-5(2)6-3-4-7-8-6;/h3-5H,1-2H3,(H,7,8);1H4. The highest BCUT2D eigenvalue weighted by atomic mass is 15.1. The Bertz CT molecular complexity index is 142. The van der Waals surface area contributed by atoms with E-state index in [2.05, 4.69) is 24.0 Å². The fraction of sp³-hybridized carbons (Fsp3) is 0.571. The maximum Gasteiger partial charge on any atom is 0.0490 e. The third-order valence-corrected chi connectivity index (χ3v) is 1.14. The Labute approximate surface area is 56.3 Å². The van der Waals surface area contributed by atoms with Gasteiger partial charge in [-0.1, -0.05) is 21.3 Å². The summed E-state index contributed by atoms with van der Waals surface area (Å²) in [5.41, 5.74) is 1.20. The lowest BCUT2D eigenvalue weighted by atomic mass is 10.1. The molecule has 0 radical (unpaired) electrons. The van der Waals surface area contributed by atoms with Crippen molar-refractivity contribution in [1.82, 2.24) is 10.2 Å². The predicted octanol–water partition coefficient (Wildman–Crippen LogP) is 2.17. The van der Waals surface area contributed by atoms with Crippen molar-refractivity contribution in [3.05, 3.63) is 18.0 Å². The lowest BCUT2D eigenvalue weighted by molar-refractivity contribution is 0.810. The maximum atomic E-state index is 3.82. The Balaban J connectivity index is 0.000000640. The molecule has 9 heavy (non-hydrogen) atoms. The third-order valence-electron chi connectivity index (χ3n) is 1.14. The zero-order chi connectivity index (χ0) is 5.98. The van der Waals surface area contributed by atoms with Gasteiger partial charge in [-0.2, -0.15) is 5.10 Å². The van der Waals surface area contributed by atoms with E-state index in [1.165, 1.54) is 5.69 Å². The molecule has 1 aromatic heterocycles. The molecule has 52 valence electrons. The van der Waals surface area contributed by atoms with Crippen molar-refractivity contribution in [3.63, 3.8) is 0 Å². The van der Waals surface area contributed by atoms with Crippen LogP contribution in [0.3, 0.4) is 0 Å². The fourth-order valence-electron chi connectivity index (χ4n) is 0.588. The molecule has 0 fully saturated rings. The van der Waals surface area contributed by atoms with Gasteiger partial charge in [-0.3, -0.25) is 5.10 Å². The molecule has 1 rings (SSSR count). The summed E-state index contributed by atoms with van der Waals surface area (Å²) in [6, 6.07) is 1.99. The van der Waals surface area contributed by atoms with Crippen LogP contribution >= 0.6 is 0 Å². The molecule has 0 saturated heterocycles. The van der Waals surface area contributed by atoms with Crippen molar-refractivity contribution in [2.45, 2.75) is 27.2 Å². The molecule has 0 amide bonds. The molecule has 0 aliphatic rings. The molecule has 1 aromatic rings. The van der Waals surface area contributed by atoms with E-state index in [0.29, 0.717) is 5.92 Å². The van der Waals surface area contributed by atoms with E-state index in [1.54, 1.807) is 6.20 Å². The van der Waals surface area contributed by atoms with Crippen molar-refractivity contribution in [2.24, 2.45) is 0 Å². The van der Waals surface area contributed by atoms with Gasteiger partial charge in [0.2, 0.25) is 0 Å². The molecule has 2 heteroatoms. The first-order chi connectivity index (χ1) is 3.80. The van der Waals surface area contributed by atoms with Crippen molar-refractivity contribution in [2.75, 3.05) is 0 Å². The summed E-state index contributed by atoms with van der Waals surface area (Å²) in [4.78, 5) is 0. The summed E-state index contributed by atoms with van der Waals surface area (Å²) in [6.45, 7) is 4.26. The summed E-state index contributed by atoms with van der Waals surface area (Å²) < 4.78 is 0. The zero-order valence-corrected chi connectivity index (χ0v) is 5.18. The number of nitrogens with one attached hydrogen (secondary N) is 1. The molecular formula is C7H14N2. The number of hydrogen-bond acceptors (Lipinski definition) is 1. The summed E-state index contributed by atoms with van der Waals surface area (Å²) in [5, 5.41) is 6.70. The number of nitrogens with zero attached hydrogens (tertiary/aromatic N) is 1. The SMILES string of the molecule is C.CC(C)c1ccn[nH]1. The number of aromatic nitrogens is 2. The first-order valence-corrected chi connectivity index (χ1v) is 2.80. The number of H-pyrrole nitrogens is 1. The van der Waals surface area contributed by atoms with Crippen LogP contribution in [0.2, 0.25) is 0 Å². The predicted molar refractivity (Wildman–Crippen MR) is 39.4 cm³/mol. The molecule has 0 aromatic carbocycles. The quantitative estimate of drug-likeness (QED) is 0.613. The van der Waals surface area contributed by atoms with Crippen LogP contribution in [0.1, 0.15) is 32.9 Å². The average Bonchev–Trinajstić information content (AvgIpc) is 2.12. The maximum absolute atomic E-state index is 3.82. The lowest BCUT2D eigenvalue weighted by Gasteiger charge is -1.95. The van der Waals surface area contributed by atoms with Crippen molar-refractivity contribution in [3.8, 4) is 0 Å². The van der Waals surface area contributed by atoms with Gasteiger partial charge in [-0.05, 0) is 12.0 Å². The molecule has 0 spiro atoms. The lowest BCUT2D eigenvalue weighted by Crippen LogP contribution is -1.85. The first-order valence-electron chi connectivity index (χ1n) is 2.80. The Morgan fingerprint density at radius 2 is 2.22 bits per heavy atom. The molecule has 1 N–H and O–H groups in total. The second-order valence-corrected chi connectivity index (χ2v) is 2.17.